The Morgan fingerprint density at radius 2 is 1.77 bits per heavy atom. The Labute approximate surface area is 157 Å². The van der Waals surface area contributed by atoms with E-state index in [1.165, 1.54) is 6.42 Å². The van der Waals surface area contributed by atoms with Gasteiger partial charge in [0.2, 0.25) is 5.91 Å². The van der Waals surface area contributed by atoms with Gasteiger partial charge >= 0.3 is 10.1 Å². The maximum atomic E-state index is 13.0. The summed E-state index contributed by atoms with van der Waals surface area (Å²) in [5, 5.41) is 0. The van der Waals surface area contributed by atoms with Crippen molar-refractivity contribution in [1.82, 2.24) is 4.90 Å². The number of nitrogens with zero attached hydrogens (tertiary/aromatic N) is 1. The van der Waals surface area contributed by atoms with Crippen molar-refractivity contribution in [2.45, 2.75) is 59.4 Å². The predicted molar refractivity (Wildman–Crippen MR) is 103 cm³/mol. The second-order valence-electron chi connectivity index (χ2n) is 7.52. The molecule has 0 saturated heterocycles. The zero-order valence-electron chi connectivity index (χ0n) is 16.1. The van der Waals surface area contributed by atoms with Crippen LogP contribution in [0.4, 0.5) is 0 Å². The number of carbonyl (C=O) groups excluding carboxylic acids is 1. The number of amides is 1. The van der Waals surface area contributed by atoms with Gasteiger partial charge in [-0.15, -0.1) is 0 Å². The van der Waals surface area contributed by atoms with Crippen LogP contribution in [-0.2, 0) is 21.5 Å². The molecule has 146 valence electrons. The SMILES string of the molecule is CCS(=O)(=O)Oc1ccc(CN(CC(C)C)C(=O)C2CCCCC2)cc1. The van der Waals surface area contributed by atoms with Gasteiger partial charge in [-0.05, 0) is 43.4 Å². The smallest absolute Gasteiger partial charge is 0.308 e. The molecule has 0 N–H and O–H groups in total. The number of hydrogen-bond donors (Lipinski definition) is 0. The van der Waals surface area contributed by atoms with Gasteiger partial charge < -0.3 is 9.08 Å². The Kier molecular flexibility index (Phi) is 7.50. The van der Waals surface area contributed by atoms with Gasteiger partial charge in [-0.2, -0.15) is 8.42 Å². The Bertz CT molecular complexity index is 676. The topological polar surface area (TPSA) is 63.7 Å². The van der Waals surface area contributed by atoms with Gasteiger partial charge in [-0.25, -0.2) is 0 Å². The molecule has 1 aliphatic carbocycles. The van der Waals surface area contributed by atoms with Crippen LogP contribution in [0.5, 0.6) is 5.75 Å². The highest BCUT2D eigenvalue weighted by Crippen LogP contribution is 2.26. The maximum absolute atomic E-state index is 13.0. The van der Waals surface area contributed by atoms with Gasteiger partial charge in [0, 0.05) is 19.0 Å². The van der Waals surface area contributed by atoms with Crippen molar-refractivity contribution in [3.05, 3.63) is 29.8 Å². The third-order valence-corrected chi connectivity index (χ3v) is 5.88. The van der Waals surface area contributed by atoms with E-state index < -0.39 is 10.1 Å². The van der Waals surface area contributed by atoms with Crippen LogP contribution in [0.1, 0.15) is 58.4 Å². The molecule has 2 rings (SSSR count). The summed E-state index contributed by atoms with van der Waals surface area (Å²) >= 11 is 0. The second-order valence-corrected chi connectivity index (χ2v) is 9.38. The lowest BCUT2D eigenvalue weighted by atomic mass is 9.88. The minimum Gasteiger partial charge on any atom is -0.382 e. The quantitative estimate of drug-likeness (QED) is 0.639. The normalized spacial score (nSPS) is 15.8. The maximum Gasteiger partial charge on any atom is 0.308 e. The van der Waals surface area contributed by atoms with Gasteiger partial charge in [0.05, 0.1) is 5.75 Å². The molecule has 0 bridgehead atoms. The standard InChI is InChI=1S/C20H31NO4S/c1-4-26(23,24)25-19-12-10-17(11-13-19)15-21(14-16(2)3)20(22)18-8-6-5-7-9-18/h10-13,16,18H,4-9,14-15H2,1-3H3. The lowest BCUT2D eigenvalue weighted by Gasteiger charge is -2.30. The summed E-state index contributed by atoms with van der Waals surface area (Å²) in [5.41, 5.74) is 0.982. The minimum atomic E-state index is -3.52. The molecule has 1 aromatic rings. The first kappa shape index (κ1) is 20.7. The molecule has 1 aromatic carbocycles. The third kappa shape index (κ3) is 6.31. The molecule has 0 atom stereocenters. The molecule has 1 fully saturated rings. The fourth-order valence-corrected chi connectivity index (χ4v) is 3.88. The van der Waals surface area contributed by atoms with Crippen LogP contribution in [-0.4, -0.2) is 31.5 Å². The largest absolute Gasteiger partial charge is 0.382 e. The average molecular weight is 382 g/mol. The van der Waals surface area contributed by atoms with E-state index in [1.807, 2.05) is 17.0 Å². The average Bonchev–Trinajstić information content (AvgIpc) is 2.62. The van der Waals surface area contributed by atoms with Crippen LogP contribution in [0.25, 0.3) is 0 Å². The fourth-order valence-electron chi connectivity index (χ4n) is 3.36. The van der Waals surface area contributed by atoms with E-state index in [0.717, 1.165) is 37.8 Å². The van der Waals surface area contributed by atoms with Crippen LogP contribution < -0.4 is 4.18 Å². The number of benzene rings is 1. The number of hydrogen-bond acceptors (Lipinski definition) is 4. The van der Waals surface area contributed by atoms with E-state index in [2.05, 4.69) is 13.8 Å². The molecule has 0 radical (unpaired) electrons. The summed E-state index contributed by atoms with van der Waals surface area (Å²) in [6.07, 6.45) is 5.51. The molecular formula is C20H31NO4S. The Morgan fingerprint density at radius 1 is 1.15 bits per heavy atom. The van der Waals surface area contributed by atoms with E-state index in [4.69, 9.17) is 4.18 Å². The van der Waals surface area contributed by atoms with E-state index in [0.29, 0.717) is 18.2 Å². The van der Waals surface area contributed by atoms with Crippen LogP contribution >= 0.6 is 0 Å². The molecule has 1 aliphatic rings. The monoisotopic (exact) mass is 381 g/mol. The van der Waals surface area contributed by atoms with Gasteiger partial charge in [0.15, 0.2) is 0 Å². The van der Waals surface area contributed by atoms with Gasteiger partial charge in [-0.3, -0.25) is 4.79 Å². The van der Waals surface area contributed by atoms with Crippen LogP contribution in [0.15, 0.2) is 24.3 Å². The van der Waals surface area contributed by atoms with E-state index >= 15 is 0 Å². The molecule has 0 spiro atoms. The predicted octanol–water partition coefficient (Wildman–Crippen LogP) is 3.98. The van der Waals surface area contributed by atoms with Crippen LogP contribution in [0.3, 0.4) is 0 Å². The highest BCUT2D eigenvalue weighted by atomic mass is 32.2. The van der Waals surface area contributed by atoms with Crippen LogP contribution in [0, 0.1) is 11.8 Å². The Hall–Kier alpha value is -1.56. The number of carbonyl (C=O) groups is 1. The molecule has 0 heterocycles. The highest BCUT2D eigenvalue weighted by molar-refractivity contribution is 7.87. The second kappa shape index (κ2) is 9.40. The van der Waals surface area contributed by atoms with Crippen molar-refractivity contribution < 1.29 is 17.4 Å². The molecule has 1 amide bonds. The van der Waals surface area contributed by atoms with E-state index in [-0.39, 0.29) is 17.6 Å². The summed E-state index contributed by atoms with van der Waals surface area (Å²) in [6, 6.07) is 6.98. The Morgan fingerprint density at radius 3 is 2.31 bits per heavy atom. The lowest BCUT2D eigenvalue weighted by Crippen LogP contribution is -2.38. The molecule has 0 aliphatic heterocycles. The summed E-state index contributed by atoms with van der Waals surface area (Å²) in [6.45, 7) is 7.07. The summed E-state index contributed by atoms with van der Waals surface area (Å²) in [4.78, 5) is 14.9. The molecule has 26 heavy (non-hydrogen) atoms. The van der Waals surface area contributed by atoms with Gasteiger partial charge in [0.25, 0.3) is 0 Å². The lowest BCUT2D eigenvalue weighted by molar-refractivity contribution is -0.137. The molecule has 0 aromatic heterocycles. The zero-order valence-corrected chi connectivity index (χ0v) is 16.9. The van der Waals surface area contributed by atoms with Crippen molar-refractivity contribution in [3.8, 4) is 5.75 Å². The summed E-state index contributed by atoms with van der Waals surface area (Å²) < 4.78 is 28.1. The molecule has 5 nitrogen and oxygen atoms in total. The Balaban J connectivity index is 2.06. The highest BCUT2D eigenvalue weighted by Gasteiger charge is 2.26. The first-order valence-electron chi connectivity index (χ1n) is 9.60. The molecular weight excluding hydrogens is 350 g/mol. The van der Waals surface area contributed by atoms with Gasteiger partial charge in [-0.1, -0.05) is 45.2 Å². The summed E-state index contributed by atoms with van der Waals surface area (Å²) in [5.74, 6) is 1.06. The molecule has 0 unspecified atom stereocenters. The fraction of sp³-hybridized carbons (Fsp3) is 0.650. The van der Waals surface area contributed by atoms with Gasteiger partial charge in [0.1, 0.15) is 5.75 Å². The molecule has 1 saturated carbocycles. The van der Waals surface area contributed by atoms with Crippen molar-refractivity contribution in [2.75, 3.05) is 12.3 Å². The van der Waals surface area contributed by atoms with Crippen molar-refractivity contribution in [3.63, 3.8) is 0 Å². The summed E-state index contributed by atoms with van der Waals surface area (Å²) in [7, 11) is -3.52. The zero-order chi connectivity index (χ0) is 19.2. The van der Waals surface area contributed by atoms with E-state index in [1.54, 1.807) is 19.1 Å². The minimum absolute atomic E-state index is 0.0627. The van der Waals surface area contributed by atoms with Crippen molar-refractivity contribution in [2.24, 2.45) is 11.8 Å². The first-order chi connectivity index (χ1) is 12.3. The van der Waals surface area contributed by atoms with E-state index in [9.17, 15) is 13.2 Å². The number of rotatable bonds is 8. The first-order valence-corrected chi connectivity index (χ1v) is 11.2. The van der Waals surface area contributed by atoms with Crippen molar-refractivity contribution >= 4 is 16.0 Å². The third-order valence-electron chi connectivity index (χ3n) is 4.73. The van der Waals surface area contributed by atoms with Crippen LogP contribution in [0.2, 0.25) is 0 Å². The molecule has 6 heteroatoms. The van der Waals surface area contributed by atoms with Crippen molar-refractivity contribution in [1.29, 1.82) is 0 Å².